The maximum Gasteiger partial charge on any atom is 0.168 e. The van der Waals surface area contributed by atoms with Crippen molar-refractivity contribution in [3.63, 3.8) is 0 Å². The largest absolute Gasteiger partial charge is 0.296 e. The van der Waals surface area contributed by atoms with Gasteiger partial charge in [0.25, 0.3) is 0 Å². The van der Waals surface area contributed by atoms with Gasteiger partial charge in [0.2, 0.25) is 0 Å². The Balaban J connectivity index is 2.59. The molecule has 1 aromatic heterocycles. The van der Waals surface area contributed by atoms with E-state index in [0.29, 0.717) is 38.3 Å². The minimum absolute atomic E-state index is 0.338. The van der Waals surface area contributed by atoms with Gasteiger partial charge in [-0.25, -0.2) is 4.98 Å². The number of rotatable bonds is 2. The zero-order valence-corrected chi connectivity index (χ0v) is 10.7. The topological polar surface area (TPSA) is 30.0 Å². The van der Waals surface area contributed by atoms with Crippen molar-refractivity contribution in [2.45, 2.75) is 0 Å². The van der Waals surface area contributed by atoms with Gasteiger partial charge >= 0.3 is 0 Å². The molecule has 0 amide bonds. The molecule has 1 aromatic carbocycles. The van der Waals surface area contributed by atoms with Crippen LogP contribution in [0.25, 0.3) is 11.3 Å². The molecule has 0 radical (unpaired) electrons. The molecular formula is C12H6Cl3NO. The Hall–Kier alpha value is -1.09. The fraction of sp³-hybridized carbons (Fsp3) is 0. The van der Waals surface area contributed by atoms with Crippen LogP contribution in [0.3, 0.4) is 0 Å². The molecule has 0 fully saturated rings. The summed E-state index contributed by atoms with van der Waals surface area (Å²) in [6, 6.07) is 8.27. The van der Waals surface area contributed by atoms with Crippen molar-refractivity contribution in [3.05, 3.63) is 51.1 Å². The quantitative estimate of drug-likeness (QED) is 0.600. The first-order valence-electron chi connectivity index (χ1n) is 4.69. The maximum absolute atomic E-state index is 10.7. The Bertz CT molecular complexity index is 584. The van der Waals surface area contributed by atoms with E-state index in [1.807, 2.05) is 0 Å². The first kappa shape index (κ1) is 12.4. The van der Waals surface area contributed by atoms with Crippen LogP contribution < -0.4 is 0 Å². The van der Waals surface area contributed by atoms with Crippen LogP contribution in [-0.2, 0) is 0 Å². The van der Waals surface area contributed by atoms with Crippen molar-refractivity contribution in [1.82, 2.24) is 4.98 Å². The molecular weight excluding hydrogens is 280 g/mol. The van der Waals surface area contributed by atoms with E-state index in [4.69, 9.17) is 34.8 Å². The molecule has 0 atom stereocenters. The molecule has 0 bridgehead atoms. The summed E-state index contributed by atoms with van der Waals surface area (Å²) >= 11 is 17.8. The lowest BCUT2D eigenvalue weighted by atomic mass is 10.1. The maximum atomic E-state index is 10.7. The number of halogens is 3. The molecule has 2 aromatic rings. The lowest BCUT2D eigenvalue weighted by Gasteiger charge is -2.06. The first-order valence-corrected chi connectivity index (χ1v) is 5.82. The molecule has 0 aliphatic heterocycles. The monoisotopic (exact) mass is 285 g/mol. The van der Waals surface area contributed by atoms with E-state index in [9.17, 15) is 4.79 Å². The van der Waals surface area contributed by atoms with Crippen molar-refractivity contribution in [2.75, 3.05) is 0 Å². The predicted octanol–water partition coefficient (Wildman–Crippen LogP) is 4.52. The third kappa shape index (κ3) is 2.60. The van der Waals surface area contributed by atoms with Crippen LogP contribution >= 0.6 is 34.8 Å². The summed E-state index contributed by atoms with van der Waals surface area (Å²) in [6.45, 7) is 0. The Morgan fingerprint density at radius 1 is 1.00 bits per heavy atom. The van der Waals surface area contributed by atoms with Crippen molar-refractivity contribution in [3.8, 4) is 11.3 Å². The predicted molar refractivity (Wildman–Crippen MR) is 70.1 cm³/mol. The summed E-state index contributed by atoms with van der Waals surface area (Å²) in [7, 11) is 0. The molecule has 2 rings (SSSR count). The highest BCUT2D eigenvalue weighted by atomic mass is 35.5. The number of hydrogen-bond donors (Lipinski definition) is 0. The van der Waals surface area contributed by atoms with Crippen LogP contribution in [0, 0.1) is 0 Å². The smallest absolute Gasteiger partial charge is 0.168 e. The minimum Gasteiger partial charge on any atom is -0.296 e. The summed E-state index contributed by atoms with van der Waals surface area (Å²) in [5, 5.41) is 1.21. The van der Waals surface area contributed by atoms with Gasteiger partial charge in [0.1, 0.15) is 5.69 Å². The average molecular weight is 287 g/mol. The fourth-order valence-corrected chi connectivity index (χ4v) is 2.03. The first-order chi connectivity index (χ1) is 8.11. The van der Waals surface area contributed by atoms with Gasteiger partial charge in [-0.2, -0.15) is 0 Å². The molecule has 0 saturated carbocycles. The highest BCUT2D eigenvalue weighted by Gasteiger charge is 2.09. The third-order valence-corrected chi connectivity index (χ3v) is 3.21. The zero-order chi connectivity index (χ0) is 12.4. The summed E-state index contributed by atoms with van der Waals surface area (Å²) in [4.78, 5) is 14.8. The second kappa shape index (κ2) is 5.05. The average Bonchev–Trinajstić information content (AvgIpc) is 2.34. The molecule has 2 nitrogen and oxygen atoms in total. The molecule has 1 heterocycles. The van der Waals surface area contributed by atoms with Gasteiger partial charge in [-0.1, -0.05) is 40.9 Å². The number of aldehydes is 1. The van der Waals surface area contributed by atoms with Gasteiger partial charge in [0, 0.05) is 5.56 Å². The molecule has 0 spiro atoms. The van der Waals surface area contributed by atoms with Crippen LogP contribution in [0.15, 0.2) is 30.3 Å². The van der Waals surface area contributed by atoms with Crippen LogP contribution in [0.1, 0.15) is 10.5 Å². The van der Waals surface area contributed by atoms with Gasteiger partial charge < -0.3 is 0 Å². The van der Waals surface area contributed by atoms with Gasteiger partial charge in [-0.15, -0.1) is 0 Å². The van der Waals surface area contributed by atoms with E-state index in [0.717, 1.165) is 0 Å². The van der Waals surface area contributed by atoms with Crippen LogP contribution in [-0.4, -0.2) is 11.3 Å². The van der Waals surface area contributed by atoms with E-state index < -0.39 is 0 Å². The fourth-order valence-electron chi connectivity index (χ4n) is 1.39. The number of hydrogen-bond acceptors (Lipinski definition) is 2. The lowest BCUT2D eigenvalue weighted by molar-refractivity contribution is 0.111. The highest BCUT2D eigenvalue weighted by Crippen LogP contribution is 2.34. The molecule has 0 N–H and O–H groups in total. The molecule has 86 valence electrons. The summed E-state index contributed by atoms with van der Waals surface area (Å²) in [5.41, 5.74) is 1.56. The van der Waals surface area contributed by atoms with Gasteiger partial charge in [-0.3, -0.25) is 4.79 Å². The minimum atomic E-state index is 0.338. The van der Waals surface area contributed by atoms with Gasteiger partial charge in [-0.05, 0) is 24.3 Å². The number of nitrogens with zero attached hydrogens (tertiary/aromatic N) is 1. The van der Waals surface area contributed by atoms with Crippen LogP contribution in [0.5, 0.6) is 0 Å². The molecule has 0 aliphatic rings. The van der Waals surface area contributed by atoms with Gasteiger partial charge in [0.05, 0.1) is 20.8 Å². The van der Waals surface area contributed by atoms with E-state index in [1.165, 1.54) is 0 Å². The Labute approximate surface area is 113 Å². The lowest BCUT2D eigenvalue weighted by Crippen LogP contribution is -1.90. The molecule has 0 saturated heterocycles. The number of pyridine rings is 1. The second-order valence-electron chi connectivity index (χ2n) is 3.31. The number of benzene rings is 1. The summed E-state index contributed by atoms with van der Waals surface area (Å²) < 4.78 is 0. The standard InChI is InChI=1S/C12H6Cl3NO/c13-9-5-11(15)10(14)4-8(9)12-3-1-2-7(6-17)16-12/h1-6H. The van der Waals surface area contributed by atoms with Gasteiger partial charge in [0.15, 0.2) is 6.29 Å². The van der Waals surface area contributed by atoms with E-state index in [-0.39, 0.29) is 0 Å². The highest BCUT2D eigenvalue weighted by molar-refractivity contribution is 6.44. The zero-order valence-electron chi connectivity index (χ0n) is 8.45. The van der Waals surface area contributed by atoms with Crippen LogP contribution in [0.2, 0.25) is 15.1 Å². The number of aromatic nitrogens is 1. The Morgan fingerprint density at radius 2 is 1.71 bits per heavy atom. The van der Waals surface area contributed by atoms with Crippen molar-refractivity contribution >= 4 is 41.1 Å². The van der Waals surface area contributed by atoms with Crippen molar-refractivity contribution < 1.29 is 4.79 Å². The normalized spacial score (nSPS) is 10.3. The van der Waals surface area contributed by atoms with Crippen molar-refractivity contribution in [2.24, 2.45) is 0 Å². The van der Waals surface area contributed by atoms with E-state index in [1.54, 1.807) is 30.3 Å². The summed E-state index contributed by atoms with van der Waals surface area (Å²) in [6.07, 6.45) is 0.676. The molecule has 5 heteroatoms. The Morgan fingerprint density at radius 3 is 2.41 bits per heavy atom. The van der Waals surface area contributed by atoms with E-state index >= 15 is 0 Å². The number of carbonyl (C=O) groups excluding carboxylic acids is 1. The van der Waals surface area contributed by atoms with Crippen LogP contribution in [0.4, 0.5) is 0 Å². The number of carbonyl (C=O) groups is 1. The molecule has 0 unspecified atom stereocenters. The SMILES string of the molecule is O=Cc1cccc(-c2cc(Cl)c(Cl)cc2Cl)n1. The summed E-state index contributed by atoms with van der Waals surface area (Å²) in [5.74, 6) is 0. The Kier molecular flexibility index (Phi) is 3.67. The van der Waals surface area contributed by atoms with Crippen molar-refractivity contribution in [1.29, 1.82) is 0 Å². The van der Waals surface area contributed by atoms with E-state index in [2.05, 4.69) is 4.98 Å². The third-order valence-electron chi connectivity index (χ3n) is 2.18. The molecule has 0 aliphatic carbocycles. The molecule has 17 heavy (non-hydrogen) atoms. The second-order valence-corrected chi connectivity index (χ2v) is 4.53.